The Morgan fingerprint density at radius 3 is 2.26 bits per heavy atom. The van der Waals surface area contributed by atoms with Crippen molar-refractivity contribution < 1.29 is 19.4 Å². The minimum Gasteiger partial charge on any atom is -0.497 e. The number of carboxylic acids is 1. The molecule has 0 bridgehead atoms. The highest BCUT2D eigenvalue weighted by atomic mass is 16.5. The van der Waals surface area contributed by atoms with Crippen LogP contribution >= 0.6 is 0 Å². The third kappa shape index (κ3) is 5.75. The number of carbonyl (C=O) groups is 1. The van der Waals surface area contributed by atoms with Crippen LogP contribution in [0.2, 0.25) is 0 Å². The number of hydrogen-bond donors (Lipinski definition) is 2. The largest absolute Gasteiger partial charge is 0.497 e. The molecule has 0 aliphatic rings. The van der Waals surface area contributed by atoms with Crippen LogP contribution in [0.25, 0.3) is 0 Å². The zero-order chi connectivity index (χ0) is 22.4. The Hall–Kier alpha value is -3.55. The van der Waals surface area contributed by atoms with Crippen molar-refractivity contribution in [1.29, 1.82) is 0 Å². The van der Waals surface area contributed by atoms with Crippen molar-refractivity contribution in [2.24, 2.45) is 0 Å². The minimum atomic E-state index is -1.28. The first-order chi connectivity index (χ1) is 14.8. The fourth-order valence-electron chi connectivity index (χ4n) is 3.13. The molecule has 1 aromatic heterocycles. The molecule has 0 amide bonds. The van der Waals surface area contributed by atoms with Crippen LogP contribution in [0.5, 0.6) is 11.5 Å². The minimum absolute atomic E-state index is 0.228. The van der Waals surface area contributed by atoms with Gasteiger partial charge in [-0.1, -0.05) is 24.3 Å². The van der Waals surface area contributed by atoms with Gasteiger partial charge in [0.05, 0.1) is 13.7 Å². The third-order valence-electron chi connectivity index (χ3n) is 5.01. The number of H-pyrrole nitrogens is 1. The predicted molar refractivity (Wildman–Crippen MR) is 116 cm³/mol. The number of aromatic nitrogens is 3. The summed E-state index contributed by atoms with van der Waals surface area (Å²) in [6.07, 6.45) is 2.26. The molecule has 0 fully saturated rings. The number of benzene rings is 2. The lowest BCUT2D eigenvalue weighted by atomic mass is 10.1. The third-order valence-corrected chi connectivity index (χ3v) is 5.01. The van der Waals surface area contributed by atoms with E-state index in [0.717, 1.165) is 29.7 Å². The van der Waals surface area contributed by atoms with Crippen molar-refractivity contribution in [3.05, 3.63) is 76.0 Å². The summed E-state index contributed by atoms with van der Waals surface area (Å²) >= 11 is 0. The standard InChI is InChI=1S/C23H27N3O5/c1-23(2,21(27)28)31-19-13-7-16(8-14-19)5-4-6-20-24-25-22(29)26(20)15-17-9-11-18(30-3)12-10-17/h7-14H,4-6,15H2,1-3H3,(H,25,29)(H,27,28). The Bertz CT molecular complexity index is 1070. The van der Waals surface area contributed by atoms with Crippen LogP contribution in [0.4, 0.5) is 0 Å². The Morgan fingerprint density at radius 1 is 1.03 bits per heavy atom. The van der Waals surface area contributed by atoms with Crippen LogP contribution in [-0.4, -0.2) is 38.6 Å². The highest BCUT2D eigenvalue weighted by molar-refractivity contribution is 5.76. The topological polar surface area (TPSA) is 106 Å². The maximum Gasteiger partial charge on any atom is 0.347 e. The van der Waals surface area contributed by atoms with Gasteiger partial charge in [0.1, 0.15) is 17.3 Å². The van der Waals surface area contributed by atoms with Gasteiger partial charge in [0.2, 0.25) is 0 Å². The number of aliphatic carboxylic acids is 1. The van der Waals surface area contributed by atoms with Gasteiger partial charge < -0.3 is 14.6 Å². The van der Waals surface area contributed by atoms with Gasteiger partial charge in [0.15, 0.2) is 5.60 Å². The van der Waals surface area contributed by atoms with Gasteiger partial charge in [-0.2, -0.15) is 5.10 Å². The van der Waals surface area contributed by atoms with Crippen LogP contribution in [0.3, 0.4) is 0 Å². The van der Waals surface area contributed by atoms with Crippen LogP contribution in [0.15, 0.2) is 53.3 Å². The van der Waals surface area contributed by atoms with Crippen molar-refractivity contribution in [2.75, 3.05) is 7.11 Å². The summed E-state index contributed by atoms with van der Waals surface area (Å²) in [5, 5.41) is 15.9. The molecule has 8 heteroatoms. The number of rotatable bonds is 10. The second-order valence-electron chi connectivity index (χ2n) is 7.79. The number of carboxylic acid groups (broad SMARTS) is 1. The lowest BCUT2D eigenvalue weighted by Crippen LogP contribution is -2.37. The Kier molecular flexibility index (Phi) is 6.79. The molecule has 0 unspecified atom stereocenters. The summed E-state index contributed by atoms with van der Waals surface area (Å²) < 4.78 is 12.3. The van der Waals surface area contributed by atoms with Gasteiger partial charge in [-0.3, -0.25) is 4.57 Å². The molecule has 8 nitrogen and oxygen atoms in total. The molecule has 0 radical (unpaired) electrons. The van der Waals surface area contributed by atoms with E-state index in [1.807, 2.05) is 36.4 Å². The molecule has 1 heterocycles. The van der Waals surface area contributed by atoms with E-state index in [9.17, 15) is 9.59 Å². The average Bonchev–Trinajstić information content (AvgIpc) is 3.09. The first-order valence-electron chi connectivity index (χ1n) is 10.1. The molecule has 0 saturated heterocycles. The predicted octanol–water partition coefficient (Wildman–Crippen LogP) is 3.05. The summed E-state index contributed by atoms with van der Waals surface area (Å²) in [6.45, 7) is 3.47. The van der Waals surface area contributed by atoms with E-state index < -0.39 is 11.6 Å². The second kappa shape index (κ2) is 9.51. The first-order valence-corrected chi connectivity index (χ1v) is 10.1. The molecule has 31 heavy (non-hydrogen) atoms. The van der Waals surface area contributed by atoms with Gasteiger partial charge in [-0.05, 0) is 62.1 Å². The van der Waals surface area contributed by atoms with Crippen molar-refractivity contribution in [2.45, 2.75) is 45.3 Å². The van der Waals surface area contributed by atoms with E-state index in [-0.39, 0.29) is 5.69 Å². The molecule has 0 atom stereocenters. The molecule has 164 valence electrons. The molecule has 0 aliphatic heterocycles. The van der Waals surface area contributed by atoms with Gasteiger partial charge in [0, 0.05) is 6.42 Å². The maximum absolute atomic E-state index is 12.2. The summed E-state index contributed by atoms with van der Waals surface area (Å²) in [4.78, 5) is 23.3. The number of nitrogens with one attached hydrogen (secondary N) is 1. The molecule has 2 N–H and O–H groups in total. The van der Waals surface area contributed by atoms with Gasteiger partial charge in [0.25, 0.3) is 0 Å². The number of ether oxygens (including phenoxy) is 2. The zero-order valence-electron chi connectivity index (χ0n) is 17.9. The fourth-order valence-corrected chi connectivity index (χ4v) is 3.13. The number of hydrogen-bond acceptors (Lipinski definition) is 5. The second-order valence-corrected chi connectivity index (χ2v) is 7.79. The molecule has 3 rings (SSSR count). The highest BCUT2D eigenvalue weighted by Gasteiger charge is 2.29. The van der Waals surface area contributed by atoms with Gasteiger partial charge in [-0.25, -0.2) is 14.7 Å². The van der Waals surface area contributed by atoms with Gasteiger partial charge in [-0.15, -0.1) is 0 Å². The summed E-state index contributed by atoms with van der Waals surface area (Å²) in [7, 11) is 1.62. The van der Waals surface area contributed by atoms with E-state index in [4.69, 9.17) is 14.6 Å². The van der Waals surface area contributed by atoms with E-state index in [1.165, 1.54) is 13.8 Å². The number of nitrogens with zero attached hydrogens (tertiary/aromatic N) is 2. The summed E-state index contributed by atoms with van der Waals surface area (Å²) in [6, 6.07) is 15.0. The summed E-state index contributed by atoms with van der Waals surface area (Å²) in [5.74, 6) is 0.975. The normalized spacial score (nSPS) is 11.3. The number of aromatic amines is 1. The van der Waals surface area contributed by atoms with Crippen molar-refractivity contribution in [3.63, 3.8) is 0 Å². The van der Waals surface area contributed by atoms with E-state index >= 15 is 0 Å². The SMILES string of the molecule is COc1ccc(Cn2c(CCCc3ccc(OC(C)(C)C(=O)O)cc3)n[nH]c2=O)cc1. The smallest absolute Gasteiger partial charge is 0.347 e. The number of methoxy groups -OCH3 is 1. The monoisotopic (exact) mass is 425 g/mol. The van der Waals surface area contributed by atoms with Crippen LogP contribution in [0.1, 0.15) is 37.2 Å². The van der Waals surface area contributed by atoms with Crippen molar-refractivity contribution in [3.8, 4) is 11.5 Å². The maximum atomic E-state index is 12.2. The highest BCUT2D eigenvalue weighted by Crippen LogP contribution is 2.20. The van der Waals surface area contributed by atoms with E-state index in [2.05, 4.69) is 10.2 Å². The summed E-state index contributed by atoms with van der Waals surface area (Å²) in [5.41, 5.74) is 0.577. The molecular weight excluding hydrogens is 398 g/mol. The van der Waals surface area contributed by atoms with Crippen LogP contribution in [0, 0.1) is 0 Å². The Balaban J connectivity index is 1.57. The Morgan fingerprint density at radius 2 is 1.65 bits per heavy atom. The molecule has 3 aromatic rings. The molecule has 0 spiro atoms. The molecule has 2 aromatic carbocycles. The van der Waals surface area contributed by atoms with Crippen LogP contribution < -0.4 is 15.2 Å². The average molecular weight is 425 g/mol. The quantitative estimate of drug-likeness (QED) is 0.517. The first kappa shape index (κ1) is 22.1. The lowest BCUT2D eigenvalue weighted by molar-refractivity contribution is -0.152. The van der Waals surface area contributed by atoms with Crippen molar-refractivity contribution in [1.82, 2.24) is 14.8 Å². The van der Waals surface area contributed by atoms with Crippen molar-refractivity contribution >= 4 is 5.97 Å². The lowest BCUT2D eigenvalue weighted by Gasteiger charge is -2.21. The molecule has 0 aliphatic carbocycles. The number of aryl methyl sites for hydroxylation is 2. The van der Waals surface area contributed by atoms with Gasteiger partial charge >= 0.3 is 11.7 Å². The zero-order valence-corrected chi connectivity index (χ0v) is 17.9. The molecule has 0 saturated carbocycles. The van der Waals surface area contributed by atoms with E-state index in [0.29, 0.717) is 24.5 Å². The van der Waals surface area contributed by atoms with E-state index in [1.54, 1.807) is 23.8 Å². The molecular formula is C23H27N3O5. The fraction of sp³-hybridized carbons (Fsp3) is 0.348. The Labute approximate surface area is 180 Å². The van der Waals surface area contributed by atoms with Crippen LogP contribution in [-0.2, 0) is 24.2 Å².